The second kappa shape index (κ2) is 8.10. The van der Waals surface area contributed by atoms with Gasteiger partial charge in [-0.3, -0.25) is 9.10 Å². The summed E-state index contributed by atoms with van der Waals surface area (Å²) in [5.74, 6) is 1.14. The molecule has 0 saturated heterocycles. The summed E-state index contributed by atoms with van der Waals surface area (Å²) in [5.41, 5.74) is 2.06. The highest BCUT2D eigenvalue weighted by atomic mass is 32.2. The van der Waals surface area contributed by atoms with Gasteiger partial charge in [-0.25, -0.2) is 8.42 Å². The van der Waals surface area contributed by atoms with Gasteiger partial charge in [0.1, 0.15) is 6.61 Å². The van der Waals surface area contributed by atoms with E-state index >= 15 is 0 Å². The first-order valence-electron chi connectivity index (χ1n) is 8.93. The first-order chi connectivity index (χ1) is 13.3. The van der Waals surface area contributed by atoms with E-state index in [1.54, 1.807) is 37.3 Å². The predicted octanol–water partition coefficient (Wildman–Crippen LogP) is 2.17. The molecule has 1 aliphatic heterocycles. The number of para-hydroxylation sites is 2. The fourth-order valence-corrected chi connectivity index (χ4v) is 4.16. The highest BCUT2D eigenvalue weighted by molar-refractivity contribution is 7.92. The van der Waals surface area contributed by atoms with Gasteiger partial charge in [0, 0.05) is 19.2 Å². The molecular formula is C20H24N2O5S. The van der Waals surface area contributed by atoms with E-state index in [0.717, 1.165) is 5.56 Å². The van der Waals surface area contributed by atoms with Crippen molar-refractivity contribution in [1.29, 1.82) is 0 Å². The number of carbonyl (C=O) groups excluding carboxylic acids is 1. The predicted molar refractivity (Wildman–Crippen MR) is 108 cm³/mol. The summed E-state index contributed by atoms with van der Waals surface area (Å²) in [6, 6.07) is 12.5. The largest absolute Gasteiger partial charge is 0.493 e. The van der Waals surface area contributed by atoms with Gasteiger partial charge in [-0.2, -0.15) is 0 Å². The van der Waals surface area contributed by atoms with E-state index in [1.165, 1.54) is 10.6 Å². The Morgan fingerprint density at radius 2 is 1.89 bits per heavy atom. The van der Waals surface area contributed by atoms with Crippen LogP contribution >= 0.6 is 0 Å². The number of hydrogen-bond donors (Lipinski definition) is 0. The van der Waals surface area contributed by atoms with Crippen LogP contribution in [0.2, 0.25) is 0 Å². The van der Waals surface area contributed by atoms with Crippen LogP contribution in [0.3, 0.4) is 0 Å². The Balaban J connectivity index is 1.63. The van der Waals surface area contributed by atoms with Crippen LogP contribution in [0.25, 0.3) is 0 Å². The van der Waals surface area contributed by atoms with Crippen LogP contribution in [0.1, 0.15) is 15.9 Å². The molecule has 0 aliphatic carbocycles. The van der Waals surface area contributed by atoms with Gasteiger partial charge < -0.3 is 14.4 Å². The number of anilines is 1. The summed E-state index contributed by atoms with van der Waals surface area (Å²) in [6.07, 6.45) is 1.79. The number of likely N-dealkylation sites (N-methyl/N-ethyl adjacent to an activating group) is 1. The average Bonchev–Trinajstić information content (AvgIpc) is 3.11. The molecule has 2 aromatic carbocycles. The molecule has 0 spiro atoms. The number of nitrogens with zero attached hydrogens (tertiary/aromatic N) is 2. The maximum absolute atomic E-state index is 12.7. The number of methoxy groups -OCH3 is 1. The number of hydrogen-bond acceptors (Lipinski definition) is 5. The van der Waals surface area contributed by atoms with Crippen LogP contribution in [0.4, 0.5) is 5.69 Å². The molecule has 0 saturated carbocycles. The Morgan fingerprint density at radius 3 is 2.57 bits per heavy atom. The number of ether oxygens (including phenoxy) is 2. The van der Waals surface area contributed by atoms with Gasteiger partial charge in [0.2, 0.25) is 10.0 Å². The van der Waals surface area contributed by atoms with Crippen molar-refractivity contribution in [3.05, 3.63) is 53.6 Å². The van der Waals surface area contributed by atoms with E-state index in [-0.39, 0.29) is 5.91 Å². The first kappa shape index (κ1) is 20.0. The number of amides is 1. The molecule has 7 nitrogen and oxygen atoms in total. The lowest BCUT2D eigenvalue weighted by atomic mass is 10.1. The Bertz CT molecular complexity index is 974. The summed E-state index contributed by atoms with van der Waals surface area (Å²) in [5, 5.41) is 0. The maximum atomic E-state index is 12.7. The third-order valence-electron chi connectivity index (χ3n) is 4.68. The quantitative estimate of drug-likeness (QED) is 0.707. The van der Waals surface area contributed by atoms with Crippen molar-refractivity contribution in [2.45, 2.75) is 6.42 Å². The van der Waals surface area contributed by atoms with E-state index in [0.29, 0.717) is 48.9 Å². The second-order valence-corrected chi connectivity index (χ2v) is 8.56. The molecule has 1 amide bonds. The molecule has 150 valence electrons. The van der Waals surface area contributed by atoms with E-state index < -0.39 is 10.0 Å². The summed E-state index contributed by atoms with van der Waals surface area (Å²) in [7, 11) is -0.00611. The highest BCUT2D eigenvalue weighted by Crippen LogP contribution is 2.31. The minimum atomic E-state index is -3.30. The Kier molecular flexibility index (Phi) is 5.79. The molecule has 0 atom stereocenters. The number of fused-ring (bicyclic) bond motifs is 1. The summed E-state index contributed by atoms with van der Waals surface area (Å²) < 4.78 is 36.0. The van der Waals surface area contributed by atoms with E-state index in [1.807, 2.05) is 24.3 Å². The van der Waals surface area contributed by atoms with E-state index in [2.05, 4.69) is 0 Å². The number of sulfonamides is 1. The average molecular weight is 404 g/mol. The smallest absolute Gasteiger partial charge is 0.253 e. The van der Waals surface area contributed by atoms with Crippen LogP contribution < -0.4 is 13.8 Å². The van der Waals surface area contributed by atoms with Gasteiger partial charge in [0.25, 0.3) is 5.91 Å². The van der Waals surface area contributed by atoms with Gasteiger partial charge in [-0.15, -0.1) is 0 Å². The van der Waals surface area contributed by atoms with Crippen LogP contribution in [0.5, 0.6) is 11.5 Å². The van der Waals surface area contributed by atoms with Crippen molar-refractivity contribution in [3.63, 3.8) is 0 Å². The van der Waals surface area contributed by atoms with Crippen molar-refractivity contribution in [1.82, 2.24) is 4.90 Å². The molecule has 1 heterocycles. The third-order valence-corrected chi connectivity index (χ3v) is 5.86. The molecule has 0 N–H and O–H groups in total. The van der Waals surface area contributed by atoms with Crippen molar-refractivity contribution >= 4 is 21.6 Å². The lowest BCUT2D eigenvalue weighted by molar-refractivity contribution is 0.0773. The first-order valence-corrected chi connectivity index (χ1v) is 10.8. The van der Waals surface area contributed by atoms with Gasteiger partial charge in [0.15, 0.2) is 11.5 Å². The summed E-state index contributed by atoms with van der Waals surface area (Å²) >= 11 is 0. The van der Waals surface area contributed by atoms with Crippen molar-refractivity contribution in [2.24, 2.45) is 0 Å². The second-order valence-electron chi connectivity index (χ2n) is 6.65. The molecule has 3 rings (SSSR count). The topological polar surface area (TPSA) is 76.2 Å². The van der Waals surface area contributed by atoms with Crippen LogP contribution in [-0.4, -0.2) is 59.3 Å². The zero-order valence-corrected chi connectivity index (χ0v) is 17.0. The normalized spacial score (nSPS) is 13.2. The lowest BCUT2D eigenvalue weighted by Crippen LogP contribution is -2.31. The molecular weight excluding hydrogens is 380 g/mol. The molecule has 8 heteroatoms. The molecule has 0 bridgehead atoms. The fourth-order valence-electron chi connectivity index (χ4n) is 3.20. The summed E-state index contributed by atoms with van der Waals surface area (Å²) in [4.78, 5) is 14.3. The van der Waals surface area contributed by atoms with Crippen LogP contribution in [0, 0.1) is 0 Å². The Hall–Kier alpha value is -2.74. The molecule has 28 heavy (non-hydrogen) atoms. The molecule has 0 radical (unpaired) electrons. The molecule has 0 aromatic heterocycles. The SMILES string of the molecule is COc1ccccc1OCCN(C)C(=O)c1ccc2c(c1)CCN2S(C)(=O)=O. The third kappa shape index (κ3) is 4.22. The zero-order valence-electron chi connectivity index (χ0n) is 16.2. The van der Waals surface area contributed by atoms with E-state index in [9.17, 15) is 13.2 Å². The maximum Gasteiger partial charge on any atom is 0.253 e. The van der Waals surface area contributed by atoms with Crippen molar-refractivity contribution < 1.29 is 22.7 Å². The standard InChI is InChI=1S/C20H24N2O5S/c1-21(12-13-27-19-7-5-4-6-18(19)26-2)20(23)16-8-9-17-15(14-16)10-11-22(17)28(3,24)25/h4-9,14H,10-13H2,1-3H3. The number of benzene rings is 2. The zero-order chi connectivity index (χ0) is 20.3. The minimum Gasteiger partial charge on any atom is -0.493 e. The summed E-state index contributed by atoms with van der Waals surface area (Å²) in [6.45, 7) is 1.15. The van der Waals surface area contributed by atoms with Crippen LogP contribution in [0.15, 0.2) is 42.5 Å². The Morgan fingerprint density at radius 1 is 1.18 bits per heavy atom. The van der Waals surface area contributed by atoms with Crippen LogP contribution in [-0.2, 0) is 16.4 Å². The van der Waals surface area contributed by atoms with Gasteiger partial charge in [-0.1, -0.05) is 12.1 Å². The number of carbonyl (C=O) groups is 1. The molecule has 0 fully saturated rings. The fraction of sp³-hybridized carbons (Fsp3) is 0.350. The van der Waals surface area contributed by atoms with E-state index in [4.69, 9.17) is 9.47 Å². The number of rotatable bonds is 7. The van der Waals surface area contributed by atoms with Gasteiger partial charge in [0.05, 0.1) is 25.6 Å². The van der Waals surface area contributed by atoms with Crippen molar-refractivity contribution in [2.75, 3.05) is 44.4 Å². The Labute approximate surface area is 165 Å². The van der Waals surface area contributed by atoms with Crippen molar-refractivity contribution in [3.8, 4) is 11.5 Å². The van der Waals surface area contributed by atoms with Gasteiger partial charge >= 0.3 is 0 Å². The lowest BCUT2D eigenvalue weighted by Gasteiger charge is -2.19. The molecule has 0 unspecified atom stereocenters. The minimum absolute atomic E-state index is 0.135. The molecule has 2 aromatic rings. The molecule has 1 aliphatic rings. The highest BCUT2D eigenvalue weighted by Gasteiger charge is 2.27. The van der Waals surface area contributed by atoms with Gasteiger partial charge in [-0.05, 0) is 42.3 Å². The monoisotopic (exact) mass is 404 g/mol.